The molecule has 1 saturated heterocycles. The highest BCUT2D eigenvalue weighted by molar-refractivity contribution is 5.79. The summed E-state index contributed by atoms with van der Waals surface area (Å²) in [5.41, 5.74) is 1.50. The number of nitrogens with zero attached hydrogens (tertiary/aromatic N) is 4. The molecule has 1 aliphatic heterocycles. The molecule has 2 aliphatic rings. The molecule has 1 saturated carbocycles. The summed E-state index contributed by atoms with van der Waals surface area (Å²) < 4.78 is 19.2. The highest BCUT2D eigenvalue weighted by atomic mass is 19.1. The molecule has 0 radical (unpaired) electrons. The van der Waals surface area contributed by atoms with E-state index in [0.29, 0.717) is 12.4 Å². The molecule has 1 aromatic rings. The Balaban J connectivity index is 0.000000247. The van der Waals surface area contributed by atoms with E-state index < -0.39 is 5.82 Å². The summed E-state index contributed by atoms with van der Waals surface area (Å²) in [5.74, 6) is 1.99. The van der Waals surface area contributed by atoms with Gasteiger partial charge in [0.05, 0.1) is 6.61 Å². The molecule has 0 spiro atoms. The third-order valence-electron chi connectivity index (χ3n) is 6.14. The van der Waals surface area contributed by atoms with Crippen LogP contribution in [-0.2, 0) is 0 Å². The second-order valence-electron chi connectivity index (χ2n) is 8.80. The summed E-state index contributed by atoms with van der Waals surface area (Å²) in [4.78, 5) is 7.10. The standard InChI is InChI=1S/C15H26N2.C13H16FN3O/c1-4-10-15(16-13-14(5-2)6-3)17-11-8-7-9-12-17;1-16-17(9-15)13-5-4-11(8-12(13)14)18-7-6-10-2-3-10/h5,10,13H,4,6-9,11-12H2,1-3H3;4-5,8-10,15H,1-3,6-7H2/b14-5-,15-10-,16-13-;. The Kier molecular flexibility index (Phi) is 12.8. The van der Waals surface area contributed by atoms with Crippen molar-refractivity contribution in [1.82, 2.24) is 4.90 Å². The smallest absolute Gasteiger partial charge is 0.152 e. The quantitative estimate of drug-likeness (QED) is 0.194. The second-order valence-corrected chi connectivity index (χ2v) is 8.80. The lowest BCUT2D eigenvalue weighted by Gasteiger charge is -2.28. The highest BCUT2D eigenvalue weighted by Gasteiger charge is 2.20. The number of anilines is 1. The van der Waals surface area contributed by atoms with Crippen molar-refractivity contribution in [1.29, 1.82) is 5.41 Å². The Hall–Kier alpha value is -2.96. The SMILES string of the molecule is C=NN(C=N)c1ccc(OCCC2CC2)cc1F.C\C=C(/C=N\C(=C\CC)N1CCCCC1)CC. The number of rotatable bonds is 12. The molecular formula is C28H42FN5O. The van der Waals surface area contributed by atoms with E-state index in [1.807, 2.05) is 6.21 Å². The second kappa shape index (κ2) is 15.8. The van der Waals surface area contributed by atoms with E-state index in [-0.39, 0.29) is 5.69 Å². The van der Waals surface area contributed by atoms with Gasteiger partial charge in [-0.15, -0.1) is 0 Å². The van der Waals surface area contributed by atoms with Gasteiger partial charge >= 0.3 is 0 Å². The van der Waals surface area contributed by atoms with Crippen molar-refractivity contribution in [2.24, 2.45) is 16.0 Å². The molecular weight excluding hydrogens is 441 g/mol. The Morgan fingerprint density at radius 1 is 1.26 bits per heavy atom. The largest absolute Gasteiger partial charge is 0.493 e. The van der Waals surface area contributed by atoms with Crippen LogP contribution in [0.4, 0.5) is 10.1 Å². The lowest BCUT2D eigenvalue weighted by Crippen LogP contribution is -2.28. The fraction of sp³-hybridized carbons (Fsp3) is 0.536. The summed E-state index contributed by atoms with van der Waals surface area (Å²) >= 11 is 0. The minimum Gasteiger partial charge on any atom is -0.493 e. The van der Waals surface area contributed by atoms with E-state index in [9.17, 15) is 4.39 Å². The van der Waals surface area contributed by atoms with Crippen LogP contribution in [0.5, 0.6) is 5.75 Å². The Morgan fingerprint density at radius 3 is 2.54 bits per heavy atom. The van der Waals surface area contributed by atoms with E-state index in [2.05, 4.69) is 54.6 Å². The number of allylic oxidation sites excluding steroid dienone is 3. The normalized spacial score (nSPS) is 16.5. The molecule has 0 aromatic heterocycles. The molecule has 1 heterocycles. The van der Waals surface area contributed by atoms with Crippen molar-refractivity contribution in [2.75, 3.05) is 24.7 Å². The predicted octanol–water partition coefficient (Wildman–Crippen LogP) is 7.18. The number of nitrogens with one attached hydrogen (secondary N) is 1. The summed E-state index contributed by atoms with van der Waals surface area (Å²) in [7, 11) is 0. The molecule has 1 aliphatic carbocycles. The number of hydrazone groups is 1. The van der Waals surface area contributed by atoms with Gasteiger partial charge in [0.15, 0.2) is 5.82 Å². The first kappa shape index (κ1) is 28.3. The summed E-state index contributed by atoms with van der Waals surface area (Å²) in [6.07, 6.45) is 17.0. The molecule has 2 fully saturated rings. The summed E-state index contributed by atoms with van der Waals surface area (Å²) in [6, 6.07) is 4.51. The van der Waals surface area contributed by atoms with Gasteiger partial charge in [0, 0.05) is 32.1 Å². The van der Waals surface area contributed by atoms with Crippen LogP contribution in [0.3, 0.4) is 0 Å². The fourth-order valence-corrected chi connectivity index (χ4v) is 3.79. The van der Waals surface area contributed by atoms with Crippen molar-refractivity contribution in [3.63, 3.8) is 0 Å². The first-order valence-electron chi connectivity index (χ1n) is 12.9. The van der Waals surface area contributed by atoms with Gasteiger partial charge in [0.25, 0.3) is 0 Å². The van der Waals surface area contributed by atoms with Crippen LogP contribution in [0.15, 0.2) is 51.8 Å². The van der Waals surface area contributed by atoms with Crippen LogP contribution in [0.25, 0.3) is 0 Å². The van der Waals surface area contributed by atoms with Crippen molar-refractivity contribution in [3.05, 3.63) is 47.6 Å². The summed E-state index contributed by atoms with van der Waals surface area (Å²) in [5, 5.41) is 11.7. The molecule has 35 heavy (non-hydrogen) atoms. The molecule has 0 atom stereocenters. The third-order valence-corrected chi connectivity index (χ3v) is 6.14. The van der Waals surface area contributed by atoms with Crippen LogP contribution < -0.4 is 9.75 Å². The van der Waals surface area contributed by atoms with Crippen LogP contribution in [0, 0.1) is 17.1 Å². The molecule has 0 bridgehead atoms. The van der Waals surface area contributed by atoms with E-state index in [0.717, 1.165) is 36.5 Å². The highest BCUT2D eigenvalue weighted by Crippen LogP contribution is 2.32. The maximum atomic E-state index is 13.8. The van der Waals surface area contributed by atoms with Crippen molar-refractivity contribution in [2.45, 2.75) is 72.1 Å². The zero-order valence-corrected chi connectivity index (χ0v) is 21.7. The Bertz CT molecular complexity index is 877. The van der Waals surface area contributed by atoms with Crippen LogP contribution >= 0.6 is 0 Å². The minimum absolute atomic E-state index is 0.189. The molecule has 1 aromatic carbocycles. The van der Waals surface area contributed by atoms with Gasteiger partial charge < -0.3 is 9.64 Å². The molecule has 1 N–H and O–H groups in total. The number of piperidine rings is 1. The maximum Gasteiger partial charge on any atom is 0.152 e. The number of hydrogen-bond acceptors (Lipinski definition) is 5. The minimum atomic E-state index is -0.477. The Morgan fingerprint density at radius 2 is 2.00 bits per heavy atom. The number of aliphatic imine (C=N–C) groups is 1. The third kappa shape index (κ3) is 10.0. The Labute approximate surface area is 210 Å². The van der Waals surface area contributed by atoms with Crippen molar-refractivity contribution < 1.29 is 9.13 Å². The number of benzene rings is 1. The lowest BCUT2D eigenvalue weighted by atomic mass is 10.1. The van der Waals surface area contributed by atoms with Crippen LogP contribution in [0.2, 0.25) is 0 Å². The number of ether oxygens (including phenoxy) is 1. The van der Waals surface area contributed by atoms with Gasteiger partial charge in [0.1, 0.15) is 23.6 Å². The monoisotopic (exact) mass is 483 g/mol. The molecule has 6 nitrogen and oxygen atoms in total. The van der Waals surface area contributed by atoms with E-state index >= 15 is 0 Å². The van der Waals surface area contributed by atoms with Crippen LogP contribution in [-0.4, -0.2) is 43.9 Å². The molecule has 3 rings (SSSR count). The zero-order chi connectivity index (χ0) is 25.5. The van der Waals surface area contributed by atoms with Crippen molar-refractivity contribution in [3.8, 4) is 5.75 Å². The molecule has 192 valence electrons. The molecule has 0 unspecified atom stereocenters. The first-order chi connectivity index (χ1) is 17.1. The van der Waals surface area contributed by atoms with E-state index in [1.165, 1.54) is 68.7 Å². The predicted molar refractivity (Wildman–Crippen MR) is 146 cm³/mol. The zero-order valence-electron chi connectivity index (χ0n) is 21.7. The van der Waals surface area contributed by atoms with Gasteiger partial charge in [-0.05, 0) is 75.1 Å². The first-order valence-corrected chi connectivity index (χ1v) is 12.9. The van der Waals surface area contributed by atoms with Gasteiger partial charge in [-0.2, -0.15) is 5.10 Å². The number of likely N-dealkylation sites (tertiary alicyclic amines) is 1. The van der Waals surface area contributed by atoms with Gasteiger partial charge in [-0.3, -0.25) is 5.41 Å². The molecule has 7 heteroatoms. The van der Waals surface area contributed by atoms with Gasteiger partial charge in [-0.25, -0.2) is 14.4 Å². The fourth-order valence-electron chi connectivity index (χ4n) is 3.79. The van der Waals surface area contributed by atoms with Crippen molar-refractivity contribution >= 4 is 25.0 Å². The van der Waals surface area contributed by atoms with Crippen LogP contribution in [0.1, 0.15) is 72.1 Å². The average Bonchev–Trinajstić information content (AvgIpc) is 3.71. The topological polar surface area (TPSA) is 64.3 Å². The van der Waals surface area contributed by atoms with Gasteiger partial charge in [0.2, 0.25) is 0 Å². The lowest BCUT2D eigenvalue weighted by molar-refractivity contribution is 0.282. The number of halogens is 1. The average molecular weight is 484 g/mol. The summed E-state index contributed by atoms with van der Waals surface area (Å²) in [6.45, 7) is 12.7. The number of hydrogen-bond donors (Lipinski definition) is 1. The van der Waals surface area contributed by atoms with E-state index in [4.69, 9.17) is 10.1 Å². The van der Waals surface area contributed by atoms with E-state index in [1.54, 1.807) is 6.07 Å². The molecule has 0 amide bonds. The van der Waals surface area contributed by atoms with Gasteiger partial charge in [-0.1, -0.05) is 32.8 Å². The maximum absolute atomic E-state index is 13.8.